The van der Waals surface area contributed by atoms with Gasteiger partial charge in [0.05, 0.1) is 12.1 Å². The number of carboxylic acid groups (broad SMARTS) is 1. The summed E-state index contributed by atoms with van der Waals surface area (Å²) in [6, 6.07) is 3.17. The van der Waals surface area contributed by atoms with E-state index in [1.165, 1.54) is 13.2 Å². The van der Waals surface area contributed by atoms with Crippen molar-refractivity contribution in [1.82, 2.24) is 5.32 Å². The number of halogens is 1. The Bertz CT molecular complexity index is 505. The lowest BCUT2D eigenvalue weighted by Gasteiger charge is -2.18. The number of carboxylic acids is 1. The molecule has 3 N–H and O–H groups in total. The number of nitrogens with one attached hydrogen (secondary N) is 2. The molecule has 0 heterocycles. The van der Waals surface area contributed by atoms with Gasteiger partial charge in [-0.15, -0.1) is 0 Å². The number of hydrogen-bond donors (Lipinski definition) is 3. The zero-order valence-corrected chi connectivity index (χ0v) is 12.2. The molecule has 20 heavy (non-hydrogen) atoms. The Balaban J connectivity index is 2.71. The second kappa shape index (κ2) is 7.00. The van der Waals surface area contributed by atoms with Crippen LogP contribution in [0.1, 0.15) is 13.8 Å². The number of anilines is 1. The maximum Gasteiger partial charge on any atom is 0.326 e. The Morgan fingerprint density at radius 3 is 2.45 bits per heavy atom. The fourth-order valence-electron chi connectivity index (χ4n) is 1.57. The van der Waals surface area contributed by atoms with E-state index in [4.69, 9.17) is 21.4 Å². The molecule has 0 spiro atoms. The molecule has 0 aliphatic rings. The van der Waals surface area contributed by atoms with Gasteiger partial charge in [-0.25, -0.2) is 9.59 Å². The van der Waals surface area contributed by atoms with Crippen LogP contribution in [0.2, 0.25) is 5.02 Å². The molecule has 0 aliphatic heterocycles. The van der Waals surface area contributed by atoms with E-state index >= 15 is 0 Å². The highest BCUT2D eigenvalue weighted by molar-refractivity contribution is 6.32. The van der Waals surface area contributed by atoms with Crippen LogP contribution < -0.4 is 15.4 Å². The predicted octanol–water partition coefficient (Wildman–Crippen LogP) is 2.58. The zero-order chi connectivity index (χ0) is 15.3. The number of amides is 2. The molecular formula is C13H17ClN2O4. The van der Waals surface area contributed by atoms with Gasteiger partial charge in [-0.3, -0.25) is 0 Å². The summed E-state index contributed by atoms with van der Waals surface area (Å²) in [6.07, 6.45) is 0. The molecule has 7 heteroatoms. The summed E-state index contributed by atoms with van der Waals surface area (Å²) >= 11 is 5.93. The van der Waals surface area contributed by atoms with Crippen LogP contribution in [0.3, 0.4) is 0 Å². The monoisotopic (exact) mass is 300 g/mol. The molecule has 0 radical (unpaired) electrons. The lowest BCUT2D eigenvalue weighted by Crippen LogP contribution is -2.46. The van der Waals surface area contributed by atoms with Gasteiger partial charge in [0.2, 0.25) is 0 Å². The van der Waals surface area contributed by atoms with E-state index in [0.29, 0.717) is 16.5 Å². The van der Waals surface area contributed by atoms with E-state index in [2.05, 4.69) is 10.6 Å². The van der Waals surface area contributed by atoms with Crippen LogP contribution in [-0.4, -0.2) is 30.3 Å². The SMILES string of the molecule is COc1ccc(NC(=O)N[C@@H](C(=O)O)C(C)C)cc1Cl. The summed E-state index contributed by atoms with van der Waals surface area (Å²) in [4.78, 5) is 22.7. The number of carbonyl (C=O) groups excluding carboxylic acids is 1. The molecule has 0 saturated heterocycles. The van der Waals surface area contributed by atoms with Crippen molar-refractivity contribution in [2.75, 3.05) is 12.4 Å². The highest BCUT2D eigenvalue weighted by atomic mass is 35.5. The number of benzene rings is 1. The average Bonchev–Trinajstić information content (AvgIpc) is 2.35. The average molecular weight is 301 g/mol. The fourth-order valence-corrected chi connectivity index (χ4v) is 1.82. The molecule has 0 unspecified atom stereocenters. The van der Waals surface area contributed by atoms with Crippen LogP contribution in [0, 0.1) is 5.92 Å². The molecule has 1 aromatic carbocycles. The van der Waals surface area contributed by atoms with Crippen LogP contribution in [0.5, 0.6) is 5.75 Å². The van der Waals surface area contributed by atoms with Gasteiger partial charge in [0, 0.05) is 5.69 Å². The summed E-state index contributed by atoms with van der Waals surface area (Å²) in [5, 5.41) is 14.3. The van der Waals surface area contributed by atoms with Gasteiger partial charge in [-0.1, -0.05) is 25.4 Å². The second-order valence-corrected chi connectivity index (χ2v) is 4.91. The van der Waals surface area contributed by atoms with Crippen molar-refractivity contribution in [3.8, 4) is 5.75 Å². The molecule has 1 rings (SSSR count). The largest absolute Gasteiger partial charge is 0.495 e. The van der Waals surface area contributed by atoms with Crippen molar-refractivity contribution in [2.45, 2.75) is 19.9 Å². The summed E-state index contributed by atoms with van der Waals surface area (Å²) < 4.78 is 4.99. The van der Waals surface area contributed by atoms with Crippen LogP contribution in [0.15, 0.2) is 18.2 Å². The van der Waals surface area contributed by atoms with E-state index in [9.17, 15) is 9.59 Å². The van der Waals surface area contributed by atoms with Crippen LogP contribution >= 0.6 is 11.6 Å². The molecule has 0 aliphatic carbocycles. The first kappa shape index (κ1) is 16.1. The minimum Gasteiger partial charge on any atom is -0.495 e. The summed E-state index contributed by atoms with van der Waals surface area (Å²) in [5.41, 5.74) is 0.446. The molecule has 2 amide bonds. The Morgan fingerprint density at radius 2 is 2.00 bits per heavy atom. The van der Waals surface area contributed by atoms with E-state index in [1.54, 1.807) is 26.0 Å². The Kier molecular flexibility index (Phi) is 5.64. The number of urea groups is 1. The third-order valence-electron chi connectivity index (χ3n) is 2.63. The molecule has 0 fully saturated rings. The third-order valence-corrected chi connectivity index (χ3v) is 2.92. The first-order valence-corrected chi connectivity index (χ1v) is 6.36. The first-order chi connectivity index (χ1) is 9.35. The highest BCUT2D eigenvalue weighted by Crippen LogP contribution is 2.27. The highest BCUT2D eigenvalue weighted by Gasteiger charge is 2.23. The molecule has 1 aromatic rings. The summed E-state index contributed by atoms with van der Waals surface area (Å²) in [5.74, 6) is -0.816. The van der Waals surface area contributed by atoms with Crippen molar-refractivity contribution in [2.24, 2.45) is 5.92 Å². The number of hydrogen-bond acceptors (Lipinski definition) is 3. The van der Waals surface area contributed by atoms with Crippen LogP contribution in [0.4, 0.5) is 10.5 Å². The normalized spacial score (nSPS) is 11.8. The number of carbonyl (C=O) groups is 2. The molecule has 1 atom stereocenters. The Hall–Kier alpha value is -1.95. The molecule has 0 aromatic heterocycles. The molecular weight excluding hydrogens is 284 g/mol. The standard InChI is InChI=1S/C13H17ClN2O4/c1-7(2)11(12(17)18)16-13(19)15-8-4-5-10(20-3)9(14)6-8/h4-7,11H,1-3H3,(H,17,18)(H2,15,16,19)/t11-/m1/s1. The summed E-state index contributed by atoms with van der Waals surface area (Å²) in [6.45, 7) is 3.42. The van der Waals surface area contributed by atoms with E-state index < -0.39 is 18.0 Å². The van der Waals surface area contributed by atoms with Crippen LogP contribution in [0.25, 0.3) is 0 Å². The number of ether oxygens (including phenoxy) is 1. The summed E-state index contributed by atoms with van der Waals surface area (Å²) in [7, 11) is 1.49. The number of aliphatic carboxylic acids is 1. The van der Waals surface area contributed by atoms with Crippen molar-refractivity contribution in [3.63, 3.8) is 0 Å². The van der Waals surface area contributed by atoms with Gasteiger partial charge in [0.1, 0.15) is 11.8 Å². The smallest absolute Gasteiger partial charge is 0.326 e. The Labute approximate surface area is 122 Å². The van der Waals surface area contributed by atoms with Gasteiger partial charge in [0.15, 0.2) is 0 Å². The maximum absolute atomic E-state index is 11.7. The maximum atomic E-state index is 11.7. The van der Waals surface area contributed by atoms with Crippen LogP contribution in [-0.2, 0) is 4.79 Å². The topological polar surface area (TPSA) is 87.7 Å². The van der Waals surface area contributed by atoms with Gasteiger partial charge in [0.25, 0.3) is 0 Å². The van der Waals surface area contributed by atoms with E-state index in [0.717, 1.165) is 0 Å². The number of rotatable bonds is 5. The lowest BCUT2D eigenvalue weighted by molar-refractivity contribution is -0.140. The zero-order valence-electron chi connectivity index (χ0n) is 11.4. The van der Waals surface area contributed by atoms with Crippen molar-refractivity contribution in [1.29, 1.82) is 0 Å². The minimum atomic E-state index is -1.08. The third kappa shape index (κ3) is 4.31. The van der Waals surface area contributed by atoms with Gasteiger partial charge in [-0.2, -0.15) is 0 Å². The quantitative estimate of drug-likeness (QED) is 0.780. The van der Waals surface area contributed by atoms with Crippen molar-refractivity contribution >= 4 is 29.3 Å². The fraction of sp³-hybridized carbons (Fsp3) is 0.385. The lowest BCUT2D eigenvalue weighted by atomic mass is 10.1. The Morgan fingerprint density at radius 1 is 1.35 bits per heavy atom. The molecule has 6 nitrogen and oxygen atoms in total. The number of methoxy groups -OCH3 is 1. The second-order valence-electron chi connectivity index (χ2n) is 4.51. The molecule has 0 saturated carbocycles. The van der Waals surface area contributed by atoms with E-state index in [-0.39, 0.29) is 5.92 Å². The van der Waals surface area contributed by atoms with Gasteiger partial charge >= 0.3 is 12.0 Å². The van der Waals surface area contributed by atoms with Gasteiger partial charge < -0.3 is 20.5 Å². The minimum absolute atomic E-state index is 0.224. The van der Waals surface area contributed by atoms with E-state index in [1.807, 2.05) is 0 Å². The predicted molar refractivity (Wildman–Crippen MR) is 76.4 cm³/mol. The van der Waals surface area contributed by atoms with Crippen molar-refractivity contribution in [3.05, 3.63) is 23.2 Å². The van der Waals surface area contributed by atoms with Gasteiger partial charge in [-0.05, 0) is 24.1 Å². The molecule has 0 bridgehead atoms. The molecule has 110 valence electrons. The first-order valence-electron chi connectivity index (χ1n) is 5.99. The van der Waals surface area contributed by atoms with Crippen molar-refractivity contribution < 1.29 is 19.4 Å².